The first-order chi connectivity index (χ1) is 7.63. The van der Waals surface area contributed by atoms with Gasteiger partial charge in [-0.1, -0.05) is 6.92 Å². The van der Waals surface area contributed by atoms with Gasteiger partial charge in [0.2, 0.25) is 0 Å². The van der Waals surface area contributed by atoms with Crippen LogP contribution < -0.4 is 5.32 Å². The number of hydrogen-bond donors (Lipinski definition) is 1. The van der Waals surface area contributed by atoms with Crippen molar-refractivity contribution in [3.63, 3.8) is 0 Å². The molecule has 1 heterocycles. The van der Waals surface area contributed by atoms with Gasteiger partial charge in [-0.2, -0.15) is 0 Å². The average molecular weight is 226 g/mol. The van der Waals surface area contributed by atoms with E-state index in [-0.39, 0.29) is 5.97 Å². The smallest absolute Gasteiger partial charge is 0.319 e. The largest absolute Gasteiger partial charge is 0.468 e. The molecule has 0 bridgehead atoms. The van der Waals surface area contributed by atoms with Gasteiger partial charge in [0.25, 0.3) is 0 Å². The standard InChI is InChI=1S/C12H22N2O2/c1-12(5-6-13-8-12)9-14(10-3-4-10)7-11(15)16-2/h10,13H,3-9H2,1-2H3. The summed E-state index contributed by atoms with van der Waals surface area (Å²) in [5.41, 5.74) is 0.330. The minimum Gasteiger partial charge on any atom is -0.468 e. The molecule has 1 saturated heterocycles. The number of carbonyl (C=O) groups is 1. The van der Waals surface area contributed by atoms with Crippen LogP contribution in [0.1, 0.15) is 26.2 Å². The minimum atomic E-state index is -0.110. The zero-order valence-corrected chi connectivity index (χ0v) is 10.3. The molecule has 1 saturated carbocycles. The van der Waals surface area contributed by atoms with Gasteiger partial charge < -0.3 is 10.1 Å². The summed E-state index contributed by atoms with van der Waals surface area (Å²) in [5, 5.41) is 3.40. The van der Waals surface area contributed by atoms with Gasteiger partial charge in [0.1, 0.15) is 0 Å². The third-order valence-electron chi connectivity index (χ3n) is 3.67. The molecule has 2 aliphatic rings. The fraction of sp³-hybridized carbons (Fsp3) is 0.917. The Labute approximate surface area is 97.3 Å². The Kier molecular flexibility index (Phi) is 3.50. The van der Waals surface area contributed by atoms with Gasteiger partial charge in [-0.15, -0.1) is 0 Å². The first kappa shape index (κ1) is 11.9. The molecule has 4 heteroatoms. The second kappa shape index (κ2) is 4.72. The van der Waals surface area contributed by atoms with Gasteiger partial charge in [0, 0.05) is 19.1 Å². The molecule has 0 aromatic rings. The fourth-order valence-corrected chi connectivity index (χ4v) is 2.48. The first-order valence-electron chi connectivity index (χ1n) is 6.14. The van der Waals surface area contributed by atoms with Gasteiger partial charge in [0.05, 0.1) is 13.7 Å². The summed E-state index contributed by atoms with van der Waals surface area (Å²) in [6.07, 6.45) is 3.68. The normalized spacial score (nSPS) is 29.7. The number of hydrogen-bond acceptors (Lipinski definition) is 4. The Morgan fingerprint density at radius 3 is 2.81 bits per heavy atom. The van der Waals surface area contributed by atoms with Crippen LogP contribution in [0.4, 0.5) is 0 Å². The lowest BCUT2D eigenvalue weighted by atomic mass is 9.89. The first-order valence-corrected chi connectivity index (χ1v) is 6.14. The van der Waals surface area contributed by atoms with E-state index in [9.17, 15) is 4.79 Å². The molecule has 16 heavy (non-hydrogen) atoms. The number of rotatable bonds is 5. The highest BCUT2D eigenvalue weighted by Gasteiger charge is 2.37. The van der Waals surface area contributed by atoms with Crippen molar-refractivity contribution < 1.29 is 9.53 Å². The lowest BCUT2D eigenvalue weighted by molar-refractivity contribution is -0.142. The summed E-state index contributed by atoms with van der Waals surface area (Å²) in [4.78, 5) is 13.7. The van der Waals surface area contributed by atoms with Crippen LogP contribution >= 0.6 is 0 Å². The van der Waals surface area contributed by atoms with Crippen LogP contribution in [-0.2, 0) is 9.53 Å². The molecule has 0 spiro atoms. The van der Waals surface area contributed by atoms with Crippen molar-refractivity contribution in [3.8, 4) is 0 Å². The Balaban J connectivity index is 1.89. The molecule has 0 radical (unpaired) electrons. The Hall–Kier alpha value is -0.610. The second-order valence-corrected chi connectivity index (χ2v) is 5.45. The molecule has 1 N–H and O–H groups in total. The molecule has 0 aromatic heterocycles. The maximum absolute atomic E-state index is 11.4. The fourth-order valence-electron chi connectivity index (χ4n) is 2.48. The number of nitrogens with zero attached hydrogens (tertiary/aromatic N) is 1. The molecule has 1 atom stereocenters. The van der Waals surface area contributed by atoms with Crippen molar-refractivity contribution >= 4 is 5.97 Å². The van der Waals surface area contributed by atoms with Crippen molar-refractivity contribution in [2.24, 2.45) is 5.41 Å². The Bertz CT molecular complexity index is 258. The molecule has 0 amide bonds. The molecule has 1 aliphatic carbocycles. The third-order valence-corrected chi connectivity index (χ3v) is 3.67. The number of nitrogens with one attached hydrogen (secondary N) is 1. The summed E-state index contributed by atoms with van der Waals surface area (Å²) >= 11 is 0. The van der Waals surface area contributed by atoms with Crippen molar-refractivity contribution in [2.45, 2.75) is 32.2 Å². The minimum absolute atomic E-state index is 0.110. The van der Waals surface area contributed by atoms with E-state index in [2.05, 4.69) is 17.1 Å². The predicted octanol–water partition coefficient (Wildman–Crippen LogP) is 0.623. The molecule has 0 aromatic carbocycles. The van der Waals surface area contributed by atoms with Gasteiger partial charge >= 0.3 is 5.97 Å². The van der Waals surface area contributed by atoms with Crippen molar-refractivity contribution in [3.05, 3.63) is 0 Å². The lowest BCUT2D eigenvalue weighted by Gasteiger charge is -2.31. The van der Waals surface area contributed by atoms with Crippen molar-refractivity contribution in [1.29, 1.82) is 0 Å². The SMILES string of the molecule is COC(=O)CN(CC1(C)CCNC1)C1CC1. The molecule has 2 fully saturated rings. The highest BCUT2D eigenvalue weighted by molar-refractivity contribution is 5.71. The topological polar surface area (TPSA) is 41.6 Å². The van der Waals surface area contributed by atoms with Gasteiger partial charge in [-0.05, 0) is 31.2 Å². The van der Waals surface area contributed by atoms with Crippen LogP contribution in [0, 0.1) is 5.41 Å². The zero-order chi connectivity index (χ0) is 11.6. The van der Waals surface area contributed by atoms with Gasteiger partial charge in [-0.25, -0.2) is 0 Å². The molecule has 2 rings (SSSR count). The number of methoxy groups -OCH3 is 1. The summed E-state index contributed by atoms with van der Waals surface area (Å²) in [6, 6.07) is 0.622. The Morgan fingerprint density at radius 1 is 1.56 bits per heavy atom. The average Bonchev–Trinajstić information content (AvgIpc) is 3.02. The predicted molar refractivity (Wildman–Crippen MR) is 62.2 cm³/mol. The van der Waals surface area contributed by atoms with Crippen LogP contribution in [0.5, 0.6) is 0 Å². The lowest BCUT2D eigenvalue weighted by Crippen LogP contribution is -2.41. The van der Waals surface area contributed by atoms with E-state index >= 15 is 0 Å². The van der Waals surface area contributed by atoms with E-state index in [0.29, 0.717) is 18.0 Å². The van der Waals surface area contributed by atoms with Crippen LogP contribution in [0.15, 0.2) is 0 Å². The Morgan fingerprint density at radius 2 is 2.31 bits per heavy atom. The summed E-state index contributed by atoms with van der Waals surface area (Å²) in [5.74, 6) is -0.110. The summed E-state index contributed by atoms with van der Waals surface area (Å²) in [7, 11) is 1.46. The number of carbonyl (C=O) groups excluding carboxylic acids is 1. The van der Waals surface area contributed by atoms with E-state index in [1.165, 1.54) is 26.4 Å². The van der Waals surface area contributed by atoms with Crippen molar-refractivity contribution in [1.82, 2.24) is 10.2 Å². The monoisotopic (exact) mass is 226 g/mol. The van der Waals surface area contributed by atoms with E-state index < -0.39 is 0 Å². The van der Waals surface area contributed by atoms with Gasteiger partial charge in [0.15, 0.2) is 0 Å². The van der Waals surface area contributed by atoms with Crippen molar-refractivity contribution in [2.75, 3.05) is 33.3 Å². The highest BCUT2D eigenvalue weighted by atomic mass is 16.5. The van der Waals surface area contributed by atoms with E-state index in [1.807, 2.05) is 0 Å². The molecule has 92 valence electrons. The van der Waals surface area contributed by atoms with Crippen LogP contribution in [0.2, 0.25) is 0 Å². The second-order valence-electron chi connectivity index (χ2n) is 5.45. The summed E-state index contributed by atoms with van der Waals surface area (Å²) in [6.45, 7) is 5.95. The van der Waals surface area contributed by atoms with Crippen LogP contribution in [-0.4, -0.2) is 50.2 Å². The molecule has 4 nitrogen and oxygen atoms in total. The molecular formula is C12H22N2O2. The van der Waals surface area contributed by atoms with Gasteiger partial charge in [-0.3, -0.25) is 9.69 Å². The molecular weight excluding hydrogens is 204 g/mol. The van der Waals surface area contributed by atoms with E-state index in [0.717, 1.165) is 19.6 Å². The van der Waals surface area contributed by atoms with E-state index in [4.69, 9.17) is 4.74 Å². The molecule has 1 unspecified atom stereocenters. The van der Waals surface area contributed by atoms with E-state index in [1.54, 1.807) is 0 Å². The van der Waals surface area contributed by atoms with Crippen LogP contribution in [0.3, 0.4) is 0 Å². The summed E-state index contributed by atoms with van der Waals surface area (Å²) < 4.78 is 4.76. The number of ether oxygens (including phenoxy) is 1. The third kappa shape index (κ3) is 2.95. The zero-order valence-electron chi connectivity index (χ0n) is 10.3. The van der Waals surface area contributed by atoms with Crippen LogP contribution in [0.25, 0.3) is 0 Å². The maximum atomic E-state index is 11.4. The highest BCUT2D eigenvalue weighted by Crippen LogP contribution is 2.32. The molecule has 1 aliphatic heterocycles. The maximum Gasteiger partial charge on any atom is 0.319 e. The number of esters is 1. The quantitative estimate of drug-likeness (QED) is 0.698.